The summed E-state index contributed by atoms with van der Waals surface area (Å²) in [6.07, 6.45) is 0. The van der Waals surface area contributed by atoms with Gasteiger partial charge in [0.2, 0.25) is 10.0 Å². The number of carbonyl (C=O) groups excluding carboxylic acids is 1. The van der Waals surface area contributed by atoms with Crippen LogP contribution in [0.4, 0.5) is 0 Å². The summed E-state index contributed by atoms with van der Waals surface area (Å²) < 4.78 is 38.2. The number of methoxy groups -OCH3 is 1. The van der Waals surface area contributed by atoms with Gasteiger partial charge in [-0.3, -0.25) is 4.79 Å². The highest BCUT2D eigenvalue weighted by molar-refractivity contribution is 7.89. The second-order valence-electron chi connectivity index (χ2n) is 5.96. The molecule has 2 aromatic rings. The van der Waals surface area contributed by atoms with Crippen LogP contribution in [0.1, 0.15) is 21.5 Å². The van der Waals surface area contributed by atoms with E-state index in [4.69, 9.17) is 9.47 Å². The summed E-state index contributed by atoms with van der Waals surface area (Å²) in [5.74, 6) is 0.583. The molecule has 0 radical (unpaired) electrons. The molecule has 0 unspecified atom stereocenters. The first kappa shape index (κ1) is 20.7. The van der Waals surface area contributed by atoms with Crippen LogP contribution in [-0.4, -0.2) is 41.6 Å². The molecule has 0 aliphatic carbocycles. The zero-order chi connectivity index (χ0) is 20.0. The van der Waals surface area contributed by atoms with Gasteiger partial charge in [0.05, 0.1) is 17.6 Å². The number of rotatable bonds is 8. The highest BCUT2D eigenvalue weighted by Crippen LogP contribution is 2.22. The lowest BCUT2D eigenvalue weighted by Gasteiger charge is -2.12. The van der Waals surface area contributed by atoms with Gasteiger partial charge < -0.3 is 14.8 Å². The summed E-state index contributed by atoms with van der Waals surface area (Å²) in [4.78, 5) is 11.9. The molecule has 7 nitrogen and oxygen atoms in total. The van der Waals surface area contributed by atoms with E-state index in [-0.39, 0.29) is 23.6 Å². The van der Waals surface area contributed by atoms with Crippen LogP contribution in [0.2, 0.25) is 0 Å². The zero-order valence-electron chi connectivity index (χ0n) is 15.8. The first-order valence-corrected chi connectivity index (χ1v) is 9.86. The maximum atomic E-state index is 12.5. The Morgan fingerprint density at radius 3 is 2.41 bits per heavy atom. The molecular formula is C19H24N2O5S. The monoisotopic (exact) mass is 392 g/mol. The van der Waals surface area contributed by atoms with Crippen molar-refractivity contribution in [3.05, 3.63) is 53.1 Å². The third-order valence-corrected chi connectivity index (χ3v) is 5.39. The van der Waals surface area contributed by atoms with E-state index in [0.717, 1.165) is 11.1 Å². The van der Waals surface area contributed by atoms with Crippen molar-refractivity contribution in [2.75, 3.05) is 27.3 Å². The van der Waals surface area contributed by atoms with Gasteiger partial charge in [0, 0.05) is 13.6 Å². The van der Waals surface area contributed by atoms with Gasteiger partial charge in [0.15, 0.2) is 0 Å². The molecule has 0 fully saturated rings. The molecule has 0 saturated heterocycles. The summed E-state index contributed by atoms with van der Waals surface area (Å²) in [6.45, 7) is 4.20. The molecule has 0 bridgehead atoms. The van der Waals surface area contributed by atoms with Gasteiger partial charge in [-0.25, -0.2) is 13.1 Å². The summed E-state index contributed by atoms with van der Waals surface area (Å²) in [5, 5.41) is 2.46. The average Bonchev–Trinajstić information content (AvgIpc) is 2.65. The minimum Gasteiger partial charge on any atom is -0.496 e. The van der Waals surface area contributed by atoms with Gasteiger partial charge in [0.25, 0.3) is 5.91 Å². The molecule has 8 heteroatoms. The molecule has 1 amide bonds. The van der Waals surface area contributed by atoms with Gasteiger partial charge >= 0.3 is 0 Å². The Kier molecular flexibility index (Phi) is 6.81. The number of amides is 1. The summed E-state index contributed by atoms with van der Waals surface area (Å²) in [5.41, 5.74) is 2.27. The van der Waals surface area contributed by atoms with Crippen LogP contribution in [0.3, 0.4) is 0 Å². The summed E-state index contributed by atoms with van der Waals surface area (Å²) in [7, 11) is -0.907. The molecular weight excluding hydrogens is 368 g/mol. The van der Waals surface area contributed by atoms with E-state index in [1.54, 1.807) is 0 Å². The number of nitrogens with one attached hydrogen (secondary N) is 2. The fourth-order valence-corrected chi connectivity index (χ4v) is 3.59. The standard InChI is InChI=1S/C19H24N2O5S/c1-13-5-7-17(14(2)11-13)26-10-9-21-27(23,24)15-6-8-18(25-4)16(12-15)19(22)20-3/h5-8,11-12,21H,9-10H2,1-4H3,(H,20,22). The van der Waals surface area contributed by atoms with E-state index < -0.39 is 15.9 Å². The maximum Gasteiger partial charge on any atom is 0.254 e. The number of hydrogen-bond acceptors (Lipinski definition) is 5. The van der Waals surface area contributed by atoms with Gasteiger partial charge in [-0.1, -0.05) is 17.7 Å². The molecule has 0 spiro atoms. The van der Waals surface area contributed by atoms with Crippen LogP contribution in [0.5, 0.6) is 11.5 Å². The number of sulfonamides is 1. The third kappa shape index (κ3) is 5.21. The van der Waals surface area contributed by atoms with E-state index in [1.807, 2.05) is 32.0 Å². The fourth-order valence-electron chi connectivity index (χ4n) is 2.55. The lowest BCUT2D eigenvalue weighted by Crippen LogP contribution is -2.29. The van der Waals surface area contributed by atoms with Gasteiger partial charge in [-0.2, -0.15) is 0 Å². The molecule has 0 aliphatic rings. The smallest absolute Gasteiger partial charge is 0.254 e. The predicted octanol–water partition coefficient (Wildman–Crippen LogP) is 2.03. The molecule has 146 valence electrons. The fraction of sp³-hybridized carbons (Fsp3) is 0.316. The topological polar surface area (TPSA) is 93.7 Å². The molecule has 0 aliphatic heterocycles. The maximum absolute atomic E-state index is 12.5. The Hall–Kier alpha value is -2.58. The first-order chi connectivity index (χ1) is 12.8. The predicted molar refractivity (Wildman–Crippen MR) is 103 cm³/mol. The Morgan fingerprint density at radius 2 is 1.78 bits per heavy atom. The van der Waals surface area contributed by atoms with E-state index in [1.165, 1.54) is 32.4 Å². The van der Waals surface area contributed by atoms with E-state index in [0.29, 0.717) is 11.5 Å². The Bertz CT molecular complexity index is 926. The molecule has 0 atom stereocenters. The van der Waals surface area contributed by atoms with Gasteiger partial charge in [-0.05, 0) is 43.7 Å². The second kappa shape index (κ2) is 8.88. The average molecular weight is 392 g/mol. The minimum absolute atomic E-state index is 0.0200. The highest BCUT2D eigenvalue weighted by Gasteiger charge is 2.19. The van der Waals surface area contributed by atoms with Crippen molar-refractivity contribution in [2.24, 2.45) is 0 Å². The summed E-state index contributed by atoms with van der Waals surface area (Å²) in [6, 6.07) is 9.91. The molecule has 0 heterocycles. The Morgan fingerprint density at radius 1 is 1.07 bits per heavy atom. The van der Waals surface area contributed by atoms with E-state index in [9.17, 15) is 13.2 Å². The number of carbonyl (C=O) groups is 1. The molecule has 27 heavy (non-hydrogen) atoms. The van der Waals surface area contributed by atoms with Crippen molar-refractivity contribution >= 4 is 15.9 Å². The van der Waals surface area contributed by atoms with Gasteiger partial charge in [0.1, 0.15) is 18.1 Å². The Labute approximate surface area is 159 Å². The van der Waals surface area contributed by atoms with Crippen molar-refractivity contribution in [2.45, 2.75) is 18.7 Å². The lowest BCUT2D eigenvalue weighted by atomic mass is 10.1. The summed E-state index contributed by atoms with van der Waals surface area (Å²) >= 11 is 0. The number of aryl methyl sites for hydroxylation is 2. The lowest BCUT2D eigenvalue weighted by molar-refractivity contribution is 0.0960. The number of ether oxygens (including phenoxy) is 2. The van der Waals surface area contributed by atoms with Crippen molar-refractivity contribution in [3.8, 4) is 11.5 Å². The minimum atomic E-state index is -3.79. The quantitative estimate of drug-likeness (QED) is 0.671. The molecule has 2 aromatic carbocycles. The Balaban J connectivity index is 2.04. The van der Waals surface area contributed by atoms with Crippen molar-refractivity contribution in [1.29, 1.82) is 0 Å². The zero-order valence-corrected chi connectivity index (χ0v) is 16.6. The van der Waals surface area contributed by atoms with Crippen LogP contribution in [-0.2, 0) is 10.0 Å². The van der Waals surface area contributed by atoms with Crippen LogP contribution in [0.25, 0.3) is 0 Å². The SMILES string of the molecule is CNC(=O)c1cc(S(=O)(=O)NCCOc2ccc(C)cc2C)ccc1OC. The normalized spacial score (nSPS) is 11.1. The van der Waals surface area contributed by atoms with Crippen molar-refractivity contribution in [1.82, 2.24) is 10.0 Å². The van der Waals surface area contributed by atoms with Gasteiger partial charge in [-0.15, -0.1) is 0 Å². The van der Waals surface area contributed by atoms with Crippen molar-refractivity contribution in [3.63, 3.8) is 0 Å². The van der Waals surface area contributed by atoms with Crippen LogP contribution in [0, 0.1) is 13.8 Å². The first-order valence-electron chi connectivity index (χ1n) is 8.38. The third-order valence-electron chi connectivity index (χ3n) is 3.94. The number of hydrogen-bond donors (Lipinski definition) is 2. The van der Waals surface area contributed by atoms with Crippen LogP contribution < -0.4 is 19.5 Å². The van der Waals surface area contributed by atoms with Crippen LogP contribution >= 0.6 is 0 Å². The van der Waals surface area contributed by atoms with E-state index >= 15 is 0 Å². The highest BCUT2D eigenvalue weighted by atomic mass is 32.2. The second-order valence-corrected chi connectivity index (χ2v) is 7.72. The number of benzene rings is 2. The molecule has 2 rings (SSSR count). The molecule has 0 aromatic heterocycles. The van der Waals surface area contributed by atoms with E-state index in [2.05, 4.69) is 10.0 Å². The molecule has 2 N–H and O–H groups in total. The van der Waals surface area contributed by atoms with Crippen LogP contribution in [0.15, 0.2) is 41.3 Å². The molecule has 0 saturated carbocycles. The largest absolute Gasteiger partial charge is 0.496 e. The van der Waals surface area contributed by atoms with Crippen molar-refractivity contribution < 1.29 is 22.7 Å².